The highest BCUT2D eigenvalue weighted by atomic mass is 35.5. The van der Waals surface area contributed by atoms with E-state index in [9.17, 15) is 4.79 Å². The Morgan fingerprint density at radius 1 is 1.39 bits per heavy atom. The predicted octanol–water partition coefficient (Wildman–Crippen LogP) is 4.65. The van der Waals surface area contributed by atoms with Crippen molar-refractivity contribution in [2.24, 2.45) is 0 Å². The van der Waals surface area contributed by atoms with E-state index in [0.29, 0.717) is 5.02 Å². The Balaban J connectivity index is 2.22. The van der Waals surface area contributed by atoms with Crippen molar-refractivity contribution in [2.45, 2.75) is 19.3 Å². The first-order chi connectivity index (χ1) is 8.56. The van der Waals surface area contributed by atoms with Crippen molar-refractivity contribution in [3.63, 3.8) is 0 Å². The summed E-state index contributed by atoms with van der Waals surface area (Å²) in [6, 6.07) is 11.7. The molecular formula is C14H13ClO2S. The van der Waals surface area contributed by atoms with Crippen molar-refractivity contribution in [3.05, 3.63) is 46.3 Å². The van der Waals surface area contributed by atoms with Crippen LogP contribution < -0.4 is 0 Å². The second-order valence-electron chi connectivity index (χ2n) is 4.21. The Labute approximate surface area is 115 Å². The van der Waals surface area contributed by atoms with Crippen LogP contribution in [-0.2, 0) is 4.79 Å². The van der Waals surface area contributed by atoms with Gasteiger partial charge in [-0.1, -0.05) is 30.7 Å². The highest BCUT2D eigenvalue weighted by Gasteiger charge is 2.13. The van der Waals surface area contributed by atoms with Crippen LogP contribution in [0.5, 0.6) is 0 Å². The molecule has 1 aromatic carbocycles. The molecule has 0 radical (unpaired) electrons. The number of benzene rings is 1. The van der Waals surface area contributed by atoms with Crippen LogP contribution in [0.4, 0.5) is 0 Å². The van der Waals surface area contributed by atoms with E-state index in [-0.39, 0.29) is 12.3 Å². The molecule has 0 saturated heterocycles. The van der Waals surface area contributed by atoms with Crippen molar-refractivity contribution in [1.82, 2.24) is 0 Å². The summed E-state index contributed by atoms with van der Waals surface area (Å²) < 4.78 is 0. The zero-order valence-corrected chi connectivity index (χ0v) is 11.5. The van der Waals surface area contributed by atoms with Crippen molar-refractivity contribution >= 4 is 28.9 Å². The Morgan fingerprint density at radius 2 is 2.17 bits per heavy atom. The van der Waals surface area contributed by atoms with Crippen LogP contribution in [-0.4, -0.2) is 11.1 Å². The van der Waals surface area contributed by atoms with E-state index in [2.05, 4.69) is 0 Å². The monoisotopic (exact) mass is 280 g/mol. The molecule has 18 heavy (non-hydrogen) atoms. The molecule has 0 aliphatic carbocycles. The summed E-state index contributed by atoms with van der Waals surface area (Å²) in [5.41, 5.74) is 1.07. The average molecular weight is 281 g/mol. The number of aliphatic carboxylic acids is 1. The number of carboxylic acid groups (broad SMARTS) is 1. The zero-order chi connectivity index (χ0) is 13.1. The highest BCUT2D eigenvalue weighted by molar-refractivity contribution is 7.15. The summed E-state index contributed by atoms with van der Waals surface area (Å²) in [6.07, 6.45) is 0.162. The fraction of sp³-hybridized carbons (Fsp3) is 0.214. The minimum absolute atomic E-state index is 0.0421. The lowest BCUT2D eigenvalue weighted by atomic mass is 10.1. The lowest BCUT2D eigenvalue weighted by Crippen LogP contribution is -2.00. The lowest BCUT2D eigenvalue weighted by molar-refractivity contribution is -0.137. The molecule has 1 atom stereocenters. The van der Waals surface area contributed by atoms with Crippen LogP contribution in [0.2, 0.25) is 5.02 Å². The molecule has 0 spiro atoms. The van der Waals surface area contributed by atoms with Gasteiger partial charge >= 0.3 is 5.97 Å². The van der Waals surface area contributed by atoms with Crippen LogP contribution in [0.3, 0.4) is 0 Å². The summed E-state index contributed by atoms with van der Waals surface area (Å²) in [4.78, 5) is 12.9. The fourth-order valence-electron chi connectivity index (χ4n) is 1.78. The Kier molecular flexibility index (Phi) is 4.04. The first-order valence-corrected chi connectivity index (χ1v) is 6.83. The van der Waals surface area contributed by atoms with Gasteiger partial charge in [0.2, 0.25) is 0 Å². The van der Waals surface area contributed by atoms with Gasteiger partial charge in [-0.25, -0.2) is 0 Å². The number of hydrogen-bond acceptors (Lipinski definition) is 2. The van der Waals surface area contributed by atoms with E-state index in [4.69, 9.17) is 16.7 Å². The topological polar surface area (TPSA) is 37.3 Å². The first kappa shape index (κ1) is 13.1. The van der Waals surface area contributed by atoms with E-state index in [1.165, 1.54) is 0 Å². The minimum Gasteiger partial charge on any atom is -0.481 e. The van der Waals surface area contributed by atoms with Gasteiger partial charge in [-0.3, -0.25) is 4.79 Å². The number of thiophene rings is 1. The number of carboxylic acids is 1. The zero-order valence-electron chi connectivity index (χ0n) is 9.89. The Bertz CT molecular complexity index is 562. The molecular weight excluding hydrogens is 268 g/mol. The van der Waals surface area contributed by atoms with Crippen molar-refractivity contribution in [1.29, 1.82) is 0 Å². The molecule has 2 rings (SSSR count). The minimum atomic E-state index is -0.764. The van der Waals surface area contributed by atoms with Gasteiger partial charge in [0.25, 0.3) is 0 Å². The van der Waals surface area contributed by atoms with Crippen molar-refractivity contribution in [3.8, 4) is 10.4 Å². The molecule has 0 fully saturated rings. The molecule has 1 aromatic heterocycles. The lowest BCUT2D eigenvalue weighted by Gasteiger charge is -2.04. The molecule has 1 heterocycles. The maximum absolute atomic E-state index is 10.7. The van der Waals surface area contributed by atoms with Crippen molar-refractivity contribution in [2.75, 3.05) is 0 Å². The molecule has 4 heteroatoms. The molecule has 94 valence electrons. The molecule has 1 unspecified atom stereocenters. The van der Waals surface area contributed by atoms with Crippen LogP contribution in [0.15, 0.2) is 36.4 Å². The van der Waals surface area contributed by atoms with Crippen LogP contribution in [0.25, 0.3) is 10.4 Å². The molecule has 1 N–H and O–H groups in total. The van der Waals surface area contributed by atoms with Gasteiger partial charge in [0.15, 0.2) is 0 Å². The van der Waals surface area contributed by atoms with Crippen LogP contribution in [0, 0.1) is 0 Å². The molecule has 0 bridgehead atoms. The molecule has 2 nitrogen and oxygen atoms in total. The summed E-state index contributed by atoms with van der Waals surface area (Å²) >= 11 is 7.58. The first-order valence-electron chi connectivity index (χ1n) is 5.63. The number of hydrogen-bond donors (Lipinski definition) is 1. The van der Waals surface area contributed by atoms with E-state index in [0.717, 1.165) is 15.3 Å². The van der Waals surface area contributed by atoms with Gasteiger partial charge in [-0.2, -0.15) is 0 Å². The number of rotatable bonds is 4. The smallest absolute Gasteiger partial charge is 0.303 e. The normalized spacial score (nSPS) is 12.3. The summed E-state index contributed by atoms with van der Waals surface area (Å²) in [5, 5.41) is 9.50. The standard InChI is InChI=1S/C14H13ClO2S/c1-9(7-14(16)17)12-5-6-13(18-12)10-3-2-4-11(15)8-10/h2-6,8-9H,7H2,1H3,(H,16,17). The SMILES string of the molecule is CC(CC(=O)O)c1ccc(-c2cccc(Cl)c2)s1. The summed E-state index contributed by atoms with van der Waals surface area (Å²) in [5.74, 6) is -0.722. The third-order valence-corrected chi connectivity index (χ3v) is 4.30. The third kappa shape index (κ3) is 3.12. The van der Waals surface area contributed by atoms with E-state index < -0.39 is 5.97 Å². The average Bonchev–Trinajstić information content (AvgIpc) is 2.77. The van der Waals surface area contributed by atoms with Gasteiger partial charge in [-0.15, -0.1) is 11.3 Å². The van der Waals surface area contributed by atoms with Gasteiger partial charge in [0.1, 0.15) is 0 Å². The maximum atomic E-state index is 10.7. The van der Waals surface area contributed by atoms with Gasteiger partial charge < -0.3 is 5.11 Å². The predicted molar refractivity (Wildman–Crippen MR) is 75.4 cm³/mol. The largest absolute Gasteiger partial charge is 0.481 e. The quantitative estimate of drug-likeness (QED) is 0.885. The summed E-state index contributed by atoms with van der Waals surface area (Å²) in [6.45, 7) is 1.93. The van der Waals surface area contributed by atoms with E-state index in [1.807, 2.05) is 43.3 Å². The second kappa shape index (κ2) is 5.55. The van der Waals surface area contributed by atoms with E-state index >= 15 is 0 Å². The second-order valence-corrected chi connectivity index (χ2v) is 5.76. The summed E-state index contributed by atoms with van der Waals surface area (Å²) in [7, 11) is 0. The maximum Gasteiger partial charge on any atom is 0.303 e. The van der Waals surface area contributed by atoms with Crippen molar-refractivity contribution < 1.29 is 9.90 Å². The molecule has 0 saturated carbocycles. The molecule has 0 aliphatic rings. The van der Waals surface area contributed by atoms with Gasteiger partial charge in [-0.05, 0) is 29.8 Å². The molecule has 0 aliphatic heterocycles. The van der Waals surface area contributed by atoms with Gasteiger partial charge in [0, 0.05) is 20.7 Å². The fourth-order valence-corrected chi connectivity index (χ4v) is 3.02. The highest BCUT2D eigenvalue weighted by Crippen LogP contribution is 2.34. The van der Waals surface area contributed by atoms with E-state index in [1.54, 1.807) is 11.3 Å². The van der Waals surface area contributed by atoms with Crippen LogP contribution >= 0.6 is 22.9 Å². The number of carbonyl (C=O) groups is 1. The van der Waals surface area contributed by atoms with Gasteiger partial charge in [0.05, 0.1) is 6.42 Å². The molecule has 0 amide bonds. The van der Waals surface area contributed by atoms with Crippen LogP contribution in [0.1, 0.15) is 24.1 Å². The molecule has 2 aromatic rings. The number of halogens is 1. The third-order valence-electron chi connectivity index (χ3n) is 2.70. The Morgan fingerprint density at radius 3 is 2.83 bits per heavy atom. The Hall–Kier alpha value is -1.32.